The molecule has 0 radical (unpaired) electrons. The molecule has 0 aliphatic carbocycles. The van der Waals surface area contributed by atoms with E-state index < -0.39 is 10.0 Å². The van der Waals surface area contributed by atoms with E-state index in [2.05, 4.69) is 26.8 Å². The monoisotopic (exact) mass is 422 g/mol. The van der Waals surface area contributed by atoms with Crippen LogP contribution in [0.25, 0.3) is 0 Å². The summed E-state index contributed by atoms with van der Waals surface area (Å²) < 4.78 is 25.9. The van der Waals surface area contributed by atoms with Gasteiger partial charge >= 0.3 is 0 Å². The maximum Gasteiger partial charge on any atom is 0.257 e. The molecule has 0 bridgehead atoms. The number of carbonyl (C=O) groups is 1. The maximum absolute atomic E-state index is 12.5. The number of anilines is 2. The third-order valence-corrected chi connectivity index (χ3v) is 6.79. The number of rotatable bonds is 7. The van der Waals surface area contributed by atoms with Gasteiger partial charge in [0.15, 0.2) is 5.13 Å². The van der Waals surface area contributed by atoms with E-state index in [4.69, 9.17) is 0 Å². The van der Waals surface area contributed by atoms with Crippen LogP contribution in [0.5, 0.6) is 0 Å². The van der Waals surface area contributed by atoms with Gasteiger partial charge in [-0.05, 0) is 50.4 Å². The van der Waals surface area contributed by atoms with Crippen molar-refractivity contribution in [3.63, 3.8) is 0 Å². The lowest BCUT2D eigenvalue weighted by Crippen LogP contribution is -2.33. The lowest BCUT2D eigenvalue weighted by atomic mass is 10.0. The van der Waals surface area contributed by atoms with Gasteiger partial charge in [0.1, 0.15) is 0 Å². The summed E-state index contributed by atoms with van der Waals surface area (Å²) in [5.74, 6) is 0.371. The molecule has 2 N–H and O–H groups in total. The van der Waals surface area contributed by atoms with Crippen molar-refractivity contribution in [2.45, 2.75) is 33.2 Å². The fourth-order valence-corrected chi connectivity index (χ4v) is 4.57. The number of carbonyl (C=O) groups excluding carboxylic acids is 1. The first-order valence-corrected chi connectivity index (χ1v) is 12.0. The Morgan fingerprint density at radius 3 is 2.96 bits per heavy atom. The molecule has 28 heavy (non-hydrogen) atoms. The number of aromatic nitrogens is 1. The summed E-state index contributed by atoms with van der Waals surface area (Å²) >= 11 is 1.40. The highest BCUT2D eigenvalue weighted by Gasteiger charge is 2.18. The van der Waals surface area contributed by atoms with Crippen LogP contribution in [0.1, 0.15) is 42.7 Å². The van der Waals surface area contributed by atoms with E-state index in [9.17, 15) is 13.2 Å². The molecule has 0 saturated carbocycles. The largest absolute Gasteiger partial charge is 0.298 e. The molecular weight excluding hydrogens is 396 g/mol. The first kappa shape index (κ1) is 20.8. The second-order valence-electron chi connectivity index (χ2n) is 7.17. The van der Waals surface area contributed by atoms with Crippen molar-refractivity contribution in [1.29, 1.82) is 0 Å². The fourth-order valence-electron chi connectivity index (χ4n) is 3.24. The second-order valence-corrected chi connectivity index (χ2v) is 10.0. The molecule has 152 valence electrons. The lowest BCUT2D eigenvalue weighted by Gasteiger charge is -2.30. The number of thiazole rings is 1. The summed E-state index contributed by atoms with van der Waals surface area (Å²) in [6, 6.07) is 6.42. The van der Waals surface area contributed by atoms with Crippen molar-refractivity contribution in [2.24, 2.45) is 5.92 Å². The van der Waals surface area contributed by atoms with Crippen molar-refractivity contribution in [2.75, 3.05) is 28.9 Å². The zero-order valence-electron chi connectivity index (χ0n) is 16.1. The van der Waals surface area contributed by atoms with Gasteiger partial charge < -0.3 is 0 Å². The van der Waals surface area contributed by atoms with Gasteiger partial charge in [-0.1, -0.05) is 13.0 Å². The van der Waals surface area contributed by atoms with Gasteiger partial charge in [-0.2, -0.15) is 0 Å². The summed E-state index contributed by atoms with van der Waals surface area (Å²) in [5, 5.41) is 5.32. The van der Waals surface area contributed by atoms with E-state index in [1.165, 1.54) is 30.2 Å². The molecule has 2 aromatic rings. The number of likely N-dealkylation sites (tertiary alicyclic amines) is 1. The molecular formula is C19H26N4O3S2. The molecule has 1 amide bonds. The molecule has 2 heterocycles. The van der Waals surface area contributed by atoms with Crippen LogP contribution in [0.4, 0.5) is 10.8 Å². The molecule has 3 rings (SSSR count). The molecule has 1 aromatic heterocycles. The van der Waals surface area contributed by atoms with Gasteiger partial charge in [0.2, 0.25) is 10.0 Å². The molecule has 1 saturated heterocycles. The number of nitrogens with one attached hydrogen (secondary N) is 2. The number of nitrogens with zero attached hydrogens (tertiary/aromatic N) is 2. The van der Waals surface area contributed by atoms with Gasteiger partial charge in [-0.25, -0.2) is 13.4 Å². The van der Waals surface area contributed by atoms with Gasteiger partial charge in [-0.3, -0.25) is 19.7 Å². The normalized spacial score (nSPS) is 18.0. The van der Waals surface area contributed by atoms with Crippen LogP contribution in [-0.4, -0.2) is 43.1 Å². The van der Waals surface area contributed by atoms with Crippen LogP contribution >= 0.6 is 11.3 Å². The highest BCUT2D eigenvalue weighted by Crippen LogP contribution is 2.22. The summed E-state index contributed by atoms with van der Waals surface area (Å²) in [6.45, 7) is 6.80. The van der Waals surface area contributed by atoms with Crippen LogP contribution in [0.2, 0.25) is 0 Å². The topological polar surface area (TPSA) is 91.4 Å². The summed E-state index contributed by atoms with van der Waals surface area (Å²) in [7, 11) is -3.39. The van der Waals surface area contributed by atoms with E-state index in [1.54, 1.807) is 25.1 Å². The zero-order chi connectivity index (χ0) is 20.1. The number of piperidine rings is 1. The number of amides is 1. The minimum atomic E-state index is -3.39. The number of hydrogen-bond acceptors (Lipinski definition) is 6. The van der Waals surface area contributed by atoms with Crippen molar-refractivity contribution in [3.05, 3.63) is 40.9 Å². The Morgan fingerprint density at radius 2 is 2.21 bits per heavy atom. The average molecular weight is 423 g/mol. The Hall–Kier alpha value is -1.97. The minimum Gasteiger partial charge on any atom is -0.298 e. The van der Waals surface area contributed by atoms with Crippen molar-refractivity contribution in [1.82, 2.24) is 9.88 Å². The van der Waals surface area contributed by atoms with Crippen molar-refractivity contribution in [3.8, 4) is 0 Å². The van der Waals surface area contributed by atoms with E-state index in [1.807, 2.05) is 5.38 Å². The Morgan fingerprint density at radius 1 is 1.39 bits per heavy atom. The molecule has 1 atom stereocenters. The van der Waals surface area contributed by atoms with Crippen molar-refractivity contribution >= 4 is 38.1 Å². The summed E-state index contributed by atoms with van der Waals surface area (Å²) in [4.78, 5) is 19.4. The van der Waals surface area contributed by atoms with Crippen LogP contribution in [-0.2, 0) is 16.6 Å². The first-order valence-electron chi connectivity index (χ1n) is 9.43. The molecule has 7 nitrogen and oxygen atoms in total. The molecule has 1 aliphatic heterocycles. The van der Waals surface area contributed by atoms with Crippen LogP contribution in [0, 0.1) is 5.92 Å². The maximum atomic E-state index is 12.5. The highest BCUT2D eigenvalue weighted by molar-refractivity contribution is 7.92. The summed E-state index contributed by atoms with van der Waals surface area (Å²) in [5.41, 5.74) is 1.70. The SMILES string of the molecule is CCS(=O)(=O)Nc1cccc(C(=O)Nc2nc(CN3CCCC(C)C3)cs2)c1. The molecule has 1 unspecified atom stereocenters. The van der Waals surface area contributed by atoms with Gasteiger partial charge in [0.05, 0.1) is 11.4 Å². The number of hydrogen-bond donors (Lipinski definition) is 2. The molecule has 1 fully saturated rings. The zero-order valence-corrected chi connectivity index (χ0v) is 17.8. The standard InChI is InChI=1S/C19H26N4O3S2/c1-3-28(25,26)22-16-8-4-7-15(10-16)18(24)21-19-20-17(13-27-19)12-23-9-5-6-14(2)11-23/h4,7-8,10,13-14,22H,3,5-6,9,11-12H2,1-2H3,(H,20,21,24). The Balaban J connectivity index is 1.61. The number of sulfonamides is 1. The van der Waals surface area contributed by atoms with Gasteiger partial charge in [0, 0.05) is 29.7 Å². The Labute approximate surface area is 170 Å². The lowest BCUT2D eigenvalue weighted by molar-refractivity contribution is 0.102. The predicted octanol–water partition coefficient (Wildman–Crippen LogP) is 3.39. The number of benzene rings is 1. The van der Waals surface area contributed by atoms with Gasteiger partial charge in [0.25, 0.3) is 5.91 Å². The summed E-state index contributed by atoms with van der Waals surface area (Å²) in [6.07, 6.45) is 2.50. The second kappa shape index (κ2) is 9.02. The van der Waals surface area contributed by atoms with Crippen LogP contribution in [0.3, 0.4) is 0 Å². The third-order valence-electron chi connectivity index (χ3n) is 4.68. The Bertz CT molecular complexity index is 927. The van der Waals surface area contributed by atoms with Crippen LogP contribution < -0.4 is 10.0 Å². The average Bonchev–Trinajstić information content (AvgIpc) is 3.08. The first-order chi connectivity index (χ1) is 13.3. The van der Waals surface area contributed by atoms with E-state index >= 15 is 0 Å². The smallest absolute Gasteiger partial charge is 0.257 e. The minimum absolute atomic E-state index is 0.0267. The van der Waals surface area contributed by atoms with E-state index in [-0.39, 0.29) is 11.7 Å². The van der Waals surface area contributed by atoms with Gasteiger partial charge in [-0.15, -0.1) is 11.3 Å². The van der Waals surface area contributed by atoms with Crippen molar-refractivity contribution < 1.29 is 13.2 Å². The quantitative estimate of drug-likeness (QED) is 0.714. The predicted molar refractivity (Wildman–Crippen MR) is 113 cm³/mol. The highest BCUT2D eigenvalue weighted by atomic mass is 32.2. The van der Waals surface area contributed by atoms with E-state index in [0.717, 1.165) is 25.3 Å². The Kier molecular flexibility index (Phi) is 6.69. The molecule has 0 spiro atoms. The molecule has 9 heteroatoms. The third kappa shape index (κ3) is 5.76. The molecule has 1 aromatic carbocycles. The van der Waals surface area contributed by atoms with E-state index in [0.29, 0.717) is 22.3 Å². The van der Waals surface area contributed by atoms with Crippen LogP contribution in [0.15, 0.2) is 29.6 Å². The molecule has 1 aliphatic rings. The fraction of sp³-hybridized carbons (Fsp3) is 0.474.